The minimum Gasteiger partial charge on any atom is -0.484 e. The van der Waals surface area contributed by atoms with Crippen molar-refractivity contribution < 1.29 is 13.9 Å². The molecule has 2 heterocycles. The van der Waals surface area contributed by atoms with Crippen molar-refractivity contribution in [3.05, 3.63) is 54.0 Å². The Morgan fingerprint density at radius 1 is 1.21 bits per heavy atom. The summed E-state index contributed by atoms with van der Waals surface area (Å²) >= 11 is 0. The Hall–Kier alpha value is -2.27. The van der Waals surface area contributed by atoms with E-state index in [-0.39, 0.29) is 18.6 Å². The Kier molecular flexibility index (Phi) is 5.54. The monoisotopic (exact) mass is 328 g/mol. The number of aryl methyl sites for hydroxylation is 1. The van der Waals surface area contributed by atoms with Crippen molar-refractivity contribution in [1.82, 2.24) is 10.2 Å². The van der Waals surface area contributed by atoms with E-state index < -0.39 is 0 Å². The van der Waals surface area contributed by atoms with E-state index in [2.05, 4.69) is 10.2 Å². The summed E-state index contributed by atoms with van der Waals surface area (Å²) in [5.74, 6) is 2.39. The Labute approximate surface area is 142 Å². The molecule has 0 radical (unpaired) electrons. The summed E-state index contributed by atoms with van der Waals surface area (Å²) < 4.78 is 11.3. The maximum Gasteiger partial charge on any atom is 0.258 e. The van der Waals surface area contributed by atoms with Crippen molar-refractivity contribution in [3.63, 3.8) is 0 Å². The van der Waals surface area contributed by atoms with E-state index in [1.165, 1.54) is 12.8 Å². The van der Waals surface area contributed by atoms with Crippen LogP contribution < -0.4 is 10.1 Å². The normalized spacial score (nSPS) is 16.0. The largest absolute Gasteiger partial charge is 0.484 e. The molecule has 3 rings (SSSR count). The van der Waals surface area contributed by atoms with Crippen molar-refractivity contribution in [2.24, 2.45) is 0 Å². The minimum absolute atomic E-state index is 0.0217. The van der Waals surface area contributed by atoms with Crippen LogP contribution in [-0.2, 0) is 4.79 Å². The first-order valence-corrected chi connectivity index (χ1v) is 8.47. The van der Waals surface area contributed by atoms with Gasteiger partial charge in [-0.2, -0.15) is 0 Å². The predicted molar refractivity (Wildman–Crippen MR) is 91.9 cm³/mol. The molecule has 1 aliphatic heterocycles. The van der Waals surface area contributed by atoms with E-state index in [9.17, 15) is 4.79 Å². The molecule has 1 aliphatic rings. The molecular formula is C19H24N2O3. The third-order valence-electron chi connectivity index (χ3n) is 4.28. The van der Waals surface area contributed by atoms with Crippen molar-refractivity contribution in [3.8, 4) is 5.75 Å². The summed E-state index contributed by atoms with van der Waals surface area (Å²) in [6, 6.07) is 13.4. The molecule has 2 aromatic rings. The number of nitrogens with zero attached hydrogens (tertiary/aromatic N) is 1. The van der Waals surface area contributed by atoms with Gasteiger partial charge in [0.15, 0.2) is 6.61 Å². The van der Waals surface area contributed by atoms with Gasteiger partial charge >= 0.3 is 0 Å². The molecule has 0 aliphatic carbocycles. The fourth-order valence-electron chi connectivity index (χ4n) is 3.02. The number of carbonyl (C=O) groups excluding carboxylic acids is 1. The van der Waals surface area contributed by atoms with Gasteiger partial charge in [-0.25, -0.2) is 0 Å². The Balaban J connectivity index is 1.54. The molecule has 1 aromatic carbocycles. The number of rotatable bonds is 7. The lowest BCUT2D eigenvalue weighted by Gasteiger charge is -2.26. The van der Waals surface area contributed by atoms with Crippen LogP contribution in [0.3, 0.4) is 0 Å². The SMILES string of the molecule is Cc1ccc([C@H](CNC(=O)COc2ccccc2)N2CCCC2)o1. The highest BCUT2D eigenvalue weighted by Gasteiger charge is 2.26. The third kappa shape index (κ3) is 4.38. The molecule has 1 atom stereocenters. The first-order chi connectivity index (χ1) is 11.7. The zero-order chi connectivity index (χ0) is 16.8. The Morgan fingerprint density at radius 3 is 2.62 bits per heavy atom. The van der Waals surface area contributed by atoms with Crippen molar-refractivity contribution in [2.75, 3.05) is 26.2 Å². The number of furan rings is 1. The van der Waals surface area contributed by atoms with Gasteiger partial charge in [0.05, 0.1) is 6.04 Å². The second kappa shape index (κ2) is 8.02. The maximum atomic E-state index is 12.1. The second-order valence-corrected chi connectivity index (χ2v) is 6.11. The number of nitrogens with one attached hydrogen (secondary N) is 1. The fourth-order valence-corrected chi connectivity index (χ4v) is 3.02. The van der Waals surface area contributed by atoms with Crippen molar-refractivity contribution >= 4 is 5.91 Å². The Morgan fingerprint density at radius 2 is 1.96 bits per heavy atom. The van der Waals surface area contributed by atoms with Gasteiger partial charge in [0.25, 0.3) is 5.91 Å². The van der Waals surface area contributed by atoms with Crippen LogP contribution in [0.1, 0.15) is 30.4 Å². The molecule has 0 saturated carbocycles. The highest BCUT2D eigenvalue weighted by Crippen LogP contribution is 2.26. The number of likely N-dealkylation sites (tertiary alicyclic amines) is 1. The molecule has 24 heavy (non-hydrogen) atoms. The summed E-state index contributed by atoms with van der Waals surface area (Å²) in [5, 5.41) is 2.97. The first-order valence-electron chi connectivity index (χ1n) is 8.47. The molecule has 0 bridgehead atoms. The van der Waals surface area contributed by atoms with E-state index >= 15 is 0 Å². The number of carbonyl (C=O) groups is 1. The quantitative estimate of drug-likeness (QED) is 0.849. The molecule has 128 valence electrons. The summed E-state index contributed by atoms with van der Waals surface area (Å²) in [6.07, 6.45) is 2.39. The van der Waals surface area contributed by atoms with E-state index in [4.69, 9.17) is 9.15 Å². The van der Waals surface area contributed by atoms with Crippen LogP contribution in [0.15, 0.2) is 46.9 Å². The van der Waals surface area contributed by atoms with Gasteiger partial charge in [0.2, 0.25) is 0 Å². The fraction of sp³-hybridized carbons (Fsp3) is 0.421. The van der Waals surface area contributed by atoms with E-state index in [0.717, 1.165) is 24.6 Å². The van der Waals surface area contributed by atoms with Crippen molar-refractivity contribution in [1.29, 1.82) is 0 Å². The highest BCUT2D eigenvalue weighted by atomic mass is 16.5. The maximum absolute atomic E-state index is 12.1. The van der Waals surface area contributed by atoms with Crippen LogP contribution in [0.4, 0.5) is 0 Å². The van der Waals surface area contributed by atoms with Gasteiger partial charge in [0, 0.05) is 6.54 Å². The standard InChI is InChI=1S/C19H24N2O3/c1-15-9-10-18(24-15)17(21-11-5-6-12-21)13-20-19(22)14-23-16-7-3-2-4-8-16/h2-4,7-10,17H,5-6,11-14H2,1H3,(H,20,22)/t17-/m0/s1. The van der Waals surface area contributed by atoms with Gasteiger partial charge in [-0.3, -0.25) is 9.69 Å². The van der Waals surface area contributed by atoms with E-state index in [1.807, 2.05) is 49.4 Å². The lowest BCUT2D eigenvalue weighted by Crippen LogP contribution is -2.38. The minimum atomic E-state index is -0.119. The molecule has 0 spiro atoms. The number of hydrogen-bond acceptors (Lipinski definition) is 4. The van der Waals surface area contributed by atoms with Gasteiger partial charge in [-0.1, -0.05) is 18.2 Å². The van der Waals surface area contributed by atoms with Gasteiger partial charge in [-0.05, 0) is 57.1 Å². The average Bonchev–Trinajstić information content (AvgIpc) is 3.27. The van der Waals surface area contributed by atoms with E-state index in [0.29, 0.717) is 12.3 Å². The summed E-state index contributed by atoms with van der Waals surface area (Å²) in [6.45, 7) is 4.58. The average molecular weight is 328 g/mol. The van der Waals surface area contributed by atoms with Crippen LogP contribution in [0.2, 0.25) is 0 Å². The third-order valence-corrected chi connectivity index (χ3v) is 4.28. The molecule has 1 amide bonds. The molecule has 1 saturated heterocycles. The zero-order valence-corrected chi connectivity index (χ0v) is 14.0. The van der Waals surface area contributed by atoms with Gasteiger partial charge < -0.3 is 14.5 Å². The summed E-state index contributed by atoms with van der Waals surface area (Å²) in [7, 11) is 0. The second-order valence-electron chi connectivity index (χ2n) is 6.11. The number of ether oxygens (including phenoxy) is 1. The number of para-hydroxylation sites is 1. The highest BCUT2D eigenvalue weighted by molar-refractivity contribution is 5.77. The molecule has 5 heteroatoms. The number of hydrogen-bond donors (Lipinski definition) is 1. The van der Waals surface area contributed by atoms with Crippen LogP contribution in [0.25, 0.3) is 0 Å². The molecule has 1 fully saturated rings. The van der Waals surface area contributed by atoms with E-state index in [1.54, 1.807) is 0 Å². The molecule has 1 N–H and O–H groups in total. The molecule has 5 nitrogen and oxygen atoms in total. The van der Waals surface area contributed by atoms with Gasteiger partial charge in [0.1, 0.15) is 17.3 Å². The lowest BCUT2D eigenvalue weighted by molar-refractivity contribution is -0.123. The summed E-state index contributed by atoms with van der Waals surface area (Å²) in [4.78, 5) is 14.5. The molecule has 0 unspecified atom stereocenters. The zero-order valence-electron chi connectivity index (χ0n) is 14.0. The number of benzene rings is 1. The van der Waals surface area contributed by atoms with Crippen LogP contribution in [0.5, 0.6) is 5.75 Å². The predicted octanol–water partition coefficient (Wildman–Crippen LogP) is 2.92. The van der Waals surface area contributed by atoms with Crippen LogP contribution >= 0.6 is 0 Å². The Bertz CT molecular complexity index is 648. The molecular weight excluding hydrogens is 304 g/mol. The number of amides is 1. The van der Waals surface area contributed by atoms with Crippen LogP contribution in [-0.4, -0.2) is 37.0 Å². The van der Waals surface area contributed by atoms with Crippen molar-refractivity contribution in [2.45, 2.75) is 25.8 Å². The summed E-state index contributed by atoms with van der Waals surface area (Å²) in [5.41, 5.74) is 0. The lowest BCUT2D eigenvalue weighted by atomic mass is 10.2. The molecule has 1 aromatic heterocycles. The smallest absolute Gasteiger partial charge is 0.258 e. The topological polar surface area (TPSA) is 54.7 Å². The first kappa shape index (κ1) is 16.6. The van der Waals surface area contributed by atoms with Gasteiger partial charge in [-0.15, -0.1) is 0 Å². The van der Waals surface area contributed by atoms with Crippen LogP contribution in [0, 0.1) is 6.92 Å².